The maximum atomic E-state index is 12.5. The molecule has 146 valence electrons. The third-order valence-corrected chi connectivity index (χ3v) is 5.59. The molecule has 2 aromatic carbocycles. The lowest BCUT2D eigenvalue weighted by Crippen LogP contribution is -2.31. The molecule has 0 saturated heterocycles. The quantitative estimate of drug-likeness (QED) is 0.540. The third-order valence-electron chi connectivity index (χ3n) is 3.97. The van der Waals surface area contributed by atoms with Crippen molar-refractivity contribution >= 4 is 29.3 Å². The molecule has 3 aromatic rings. The molecule has 28 heavy (non-hydrogen) atoms. The molecule has 1 atom stereocenters. The minimum atomic E-state index is -0.220. The summed E-state index contributed by atoms with van der Waals surface area (Å²) >= 11 is 7.40. The highest BCUT2D eigenvalue weighted by atomic mass is 35.5. The number of carbonyl (C=O) groups excluding carboxylic acids is 1. The van der Waals surface area contributed by atoms with Gasteiger partial charge in [0.2, 0.25) is 17.6 Å². The minimum Gasteiger partial charge on any atom is -0.497 e. The van der Waals surface area contributed by atoms with E-state index < -0.39 is 0 Å². The van der Waals surface area contributed by atoms with Gasteiger partial charge in [-0.15, -0.1) is 11.8 Å². The van der Waals surface area contributed by atoms with Gasteiger partial charge in [-0.2, -0.15) is 4.98 Å². The number of rotatable bonds is 8. The number of benzene rings is 2. The second-order valence-corrected chi connectivity index (χ2v) is 7.64. The molecule has 0 unspecified atom stereocenters. The largest absolute Gasteiger partial charge is 0.497 e. The van der Waals surface area contributed by atoms with E-state index in [0.29, 0.717) is 28.9 Å². The first-order chi connectivity index (χ1) is 13.6. The van der Waals surface area contributed by atoms with Gasteiger partial charge >= 0.3 is 0 Å². The van der Waals surface area contributed by atoms with Gasteiger partial charge in [-0.05, 0) is 42.8 Å². The molecule has 0 saturated carbocycles. The summed E-state index contributed by atoms with van der Waals surface area (Å²) in [6.45, 7) is 2.15. The van der Waals surface area contributed by atoms with E-state index in [1.54, 1.807) is 7.11 Å². The average Bonchev–Trinajstić information content (AvgIpc) is 3.21. The van der Waals surface area contributed by atoms with Crippen LogP contribution in [0.2, 0.25) is 5.02 Å². The van der Waals surface area contributed by atoms with Crippen molar-refractivity contribution in [2.75, 3.05) is 7.11 Å². The number of amides is 1. The standard InChI is InChI=1S/C20H20ClN3O3S/c1-3-17(28-16-9-7-14(21)8-10-16)20(25)22-12-18-23-19(24-27-18)13-5-4-6-15(11-13)26-2/h4-11,17H,3,12H2,1-2H3,(H,22,25)/t17-/m0/s1. The predicted octanol–water partition coefficient (Wildman–Crippen LogP) is 4.59. The summed E-state index contributed by atoms with van der Waals surface area (Å²) in [5.74, 6) is 1.42. The number of methoxy groups -OCH3 is 1. The molecule has 0 radical (unpaired) electrons. The molecule has 3 rings (SSSR count). The Morgan fingerprint density at radius 3 is 2.79 bits per heavy atom. The number of aromatic nitrogens is 2. The van der Waals surface area contributed by atoms with Crippen LogP contribution in [0.3, 0.4) is 0 Å². The highest BCUT2D eigenvalue weighted by Crippen LogP contribution is 2.27. The molecular formula is C20H20ClN3O3S. The predicted molar refractivity (Wildman–Crippen MR) is 110 cm³/mol. The number of halogens is 1. The zero-order valence-electron chi connectivity index (χ0n) is 15.5. The maximum Gasteiger partial charge on any atom is 0.246 e. The van der Waals surface area contributed by atoms with Crippen LogP contribution in [0.4, 0.5) is 0 Å². The number of hydrogen-bond acceptors (Lipinski definition) is 6. The normalized spacial score (nSPS) is 11.8. The molecule has 0 spiro atoms. The van der Waals surface area contributed by atoms with E-state index >= 15 is 0 Å². The number of hydrogen-bond donors (Lipinski definition) is 1. The Morgan fingerprint density at radius 2 is 2.07 bits per heavy atom. The van der Waals surface area contributed by atoms with Crippen LogP contribution in [0, 0.1) is 0 Å². The summed E-state index contributed by atoms with van der Waals surface area (Å²) in [5.41, 5.74) is 0.783. The lowest BCUT2D eigenvalue weighted by Gasteiger charge is -2.13. The van der Waals surface area contributed by atoms with Gasteiger partial charge in [0.15, 0.2) is 0 Å². The Kier molecular flexibility index (Phi) is 6.95. The van der Waals surface area contributed by atoms with Gasteiger partial charge < -0.3 is 14.6 Å². The van der Waals surface area contributed by atoms with Crippen LogP contribution in [0.1, 0.15) is 19.2 Å². The second kappa shape index (κ2) is 9.61. The van der Waals surface area contributed by atoms with Gasteiger partial charge in [-0.1, -0.05) is 35.8 Å². The van der Waals surface area contributed by atoms with Crippen molar-refractivity contribution in [1.82, 2.24) is 15.5 Å². The number of nitrogens with one attached hydrogen (secondary N) is 1. The summed E-state index contributed by atoms with van der Waals surface area (Å²) in [7, 11) is 1.60. The molecule has 0 aliphatic heterocycles. The number of thioether (sulfide) groups is 1. The maximum absolute atomic E-state index is 12.5. The number of nitrogens with zero attached hydrogens (tertiary/aromatic N) is 2. The SMILES string of the molecule is CC[C@H](Sc1ccc(Cl)cc1)C(=O)NCc1nc(-c2cccc(OC)c2)no1. The van der Waals surface area contributed by atoms with Crippen LogP contribution in [0.25, 0.3) is 11.4 Å². The summed E-state index contributed by atoms with van der Waals surface area (Å²) in [5, 5.41) is 7.28. The zero-order chi connectivity index (χ0) is 19.9. The van der Waals surface area contributed by atoms with E-state index in [1.165, 1.54) is 11.8 Å². The van der Waals surface area contributed by atoms with Crippen LogP contribution in [0.15, 0.2) is 57.9 Å². The fourth-order valence-electron chi connectivity index (χ4n) is 2.48. The summed E-state index contributed by atoms with van der Waals surface area (Å²) in [6, 6.07) is 14.8. The van der Waals surface area contributed by atoms with Crippen molar-refractivity contribution in [2.24, 2.45) is 0 Å². The highest BCUT2D eigenvalue weighted by molar-refractivity contribution is 8.00. The van der Waals surface area contributed by atoms with Crippen molar-refractivity contribution in [3.05, 3.63) is 59.4 Å². The van der Waals surface area contributed by atoms with Gasteiger partial charge in [-0.25, -0.2) is 0 Å². The van der Waals surface area contributed by atoms with Crippen molar-refractivity contribution in [3.63, 3.8) is 0 Å². The average molecular weight is 418 g/mol. The first-order valence-corrected chi connectivity index (χ1v) is 10.0. The van der Waals surface area contributed by atoms with Crippen molar-refractivity contribution in [1.29, 1.82) is 0 Å². The third kappa shape index (κ3) is 5.27. The van der Waals surface area contributed by atoms with Crippen LogP contribution >= 0.6 is 23.4 Å². The van der Waals surface area contributed by atoms with Gasteiger partial charge in [0.25, 0.3) is 0 Å². The molecular weight excluding hydrogens is 398 g/mol. The van der Waals surface area contributed by atoms with Crippen LogP contribution in [-0.4, -0.2) is 28.4 Å². The molecule has 0 aliphatic carbocycles. The summed E-state index contributed by atoms with van der Waals surface area (Å²) in [4.78, 5) is 17.8. The van der Waals surface area contributed by atoms with Crippen molar-refractivity contribution < 1.29 is 14.1 Å². The molecule has 0 bridgehead atoms. The van der Waals surface area contributed by atoms with Gasteiger partial charge in [0.1, 0.15) is 5.75 Å². The van der Waals surface area contributed by atoms with E-state index in [9.17, 15) is 4.79 Å². The monoisotopic (exact) mass is 417 g/mol. The lowest BCUT2D eigenvalue weighted by atomic mass is 10.2. The molecule has 1 aromatic heterocycles. The molecule has 1 amide bonds. The van der Waals surface area contributed by atoms with Crippen LogP contribution in [0.5, 0.6) is 5.75 Å². The number of ether oxygens (including phenoxy) is 1. The zero-order valence-corrected chi connectivity index (χ0v) is 17.1. The fraction of sp³-hybridized carbons (Fsp3) is 0.250. The molecule has 1 heterocycles. The Labute approximate surface area is 172 Å². The van der Waals surface area contributed by atoms with Gasteiger partial charge in [0, 0.05) is 15.5 Å². The molecule has 6 nitrogen and oxygen atoms in total. The molecule has 8 heteroatoms. The topological polar surface area (TPSA) is 77.2 Å². The first kappa shape index (κ1) is 20.2. The highest BCUT2D eigenvalue weighted by Gasteiger charge is 2.19. The second-order valence-electron chi connectivity index (χ2n) is 5.93. The fourth-order valence-corrected chi connectivity index (χ4v) is 3.59. The number of carbonyl (C=O) groups is 1. The van der Waals surface area contributed by atoms with E-state index in [-0.39, 0.29) is 17.7 Å². The van der Waals surface area contributed by atoms with Crippen molar-refractivity contribution in [3.8, 4) is 17.1 Å². The minimum absolute atomic E-state index is 0.0800. The smallest absolute Gasteiger partial charge is 0.246 e. The molecule has 1 N–H and O–H groups in total. The summed E-state index contributed by atoms with van der Waals surface area (Å²) in [6.07, 6.45) is 0.692. The first-order valence-electron chi connectivity index (χ1n) is 8.76. The van der Waals surface area contributed by atoms with Crippen LogP contribution < -0.4 is 10.1 Å². The lowest BCUT2D eigenvalue weighted by molar-refractivity contribution is -0.120. The van der Waals surface area contributed by atoms with E-state index in [2.05, 4.69) is 15.5 Å². The Morgan fingerprint density at radius 1 is 1.29 bits per heavy atom. The van der Waals surface area contributed by atoms with E-state index in [1.807, 2.05) is 55.5 Å². The van der Waals surface area contributed by atoms with E-state index in [4.69, 9.17) is 20.9 Å². The van der Waals surface area contributed by atoms with Gasteiger partial charge in [-0.3, -0.25) is 4.79 Å². The Balaban J connectivity index is 1.59. The van der Waals surface area contributed by atoms with Crippen molar-refractivity contribution in [2.45, 2.75) is 30.0 Å². The van der Waals surface area contributed by atoms with E-state index in [0.717, 1.165) is 10.5 Å². The molecule has 0 aliphatic rings. The Bertz CT molecular complexity index is 930. The van der Waals surface area contributed by atoms with Crippen LogP contribution in [-0.2, 0) is 11.3 Å². The summed E-state index contributed by atoms with van der Waals surface area (Å²) < 4.78 is 10.5. The Hall–Kier alpha value is -2.51. The molecule has 0 fully saturated rings. The van der Waals surface area contributed by atoms with Gasteiger partial charge in [0.05, 0.1) is 18.9 Å².